The fraction of sp³-hybridized carbons (Fsp3) is 0.150. The summed E-state index contributed by atoms with van der Waals surface area (Å²) in [7, 11) is 0. The number of para-hydroxylation sites is 2. The number of hydrogen-bond donors (Lipinski definition) is 1. The van der Waals surface area contributed by atoms with E-state index in [9.17, 15) is 9.59 Å². The number of aliphatic imine (C=N–C) groups is 1. The van der Waals surface area contributed by atoms with E-state index < -0.39 is 12.1 Å². The van der Waals surface area contributed by atoms with Gasteiger partial charge in [0.1, 0.15) is 30.9 Å². The Labute approximate surface area is 175 Å². The second-order valence-corrected chi connectivity index (χ2v) is 7.61. The van der Waals surface area contributed by atoms with Crippen LogP contribution in [0.25, 0.3) is 0 Å². The van der Waals surface area contributed by atoms with E-state index in [1.807, 2.05) is 36.4 Å². The van der Waals surface area contributed by atoms with Crippen molar-refractivity contribution in [1.29, 1.82) is 0 Å². The number of amidine groups is 1. The molecule has 0 radical (unpaired) electrons. The second-order valence-electron chi connectivity index (χ2n) is 6.35. The standard InChI is InChI=1S/C20H17ClN4O3S/c21-14-6-2-4-8-16(14)28-12-18-23-15-7-3-1-5-13(15)19(25(18)11-17(22)26)24-9-10-29-20(24)27/h1-10,19H,11-12H2,(H2,22,26). The molecule has 4 rings (SSSR count). The minimum atomic E-state index is -0.556. The van der Waals surface area contributed by atoms with E-state index in [0.29, 0.717) is 22.3 Å². The van der Waals surface area contributed by atoms with E-state index in [1.165, 1.54) is 0 Å². The lowest BCUT2D eigenvalue weighted by Gasteiger charge is -2.37. The summed E-state index contributed by atoms with van der Waals surface area (Å²) in [6, 6.07) is 14.6. The van der Waals surface area contributed by atoms with E-state index in [4.69, 9.17) is 22.1 Å². The summed E-state index contributed by atoms with van der Waals surface area (Å²) >= 11 is 7.26. The number of halogens is 1. The molecule has 148 valence electrons. The number of primary amides is 1. The van der Waals surface area contributed by atoms with Gasteiger partial charge in [-0.05, 0) is 18.2 Å². The van der Waals surface area contributed by atoms with E-state index in [-0.39, 0.29) is 18.0 Å². The second kappa shape index (κ2) is 8.10. The minimum Gasteiger partial charge on any atom is -0.484 e. The molecule has 1 aliphatic heterocycles. The van der Waals surface area contributed by atoms with E-state index in [0.717, 1.165) is 16.9 Å². The lowest BCUT2D eigenvalue weighted by Crippen LogP contribution is -2.48. The van der Waals surface area contributed by atoms with Crippen molar-refractivity contribution < 1.29 is 9.53 Å². The van der Waals surface area contributed by atoms with Crippen molar-refractivity contribution in [2.24, 2.45) is 10.7 Å². The first-order chi connectivity index (χ1) is 14.0. The first kappa shape index (κ1) is 19.2. The lowest BCUT2D eigenvalue weighted by atomic mass is 10.1. The van der Waals surface area contributed by atoms with Gasteiger partial charge in [-0.3, -0.25) is 14.2 Å². The Balaban J connectivity index is 1.77. The number of rotatable bonds is 6. The molecule has 3 aromatic rings. The van der Waals surface area contributed by atoms with Crippen molar-refractivity contribution >= 4 is 40.4 Å². The molecule has 9 heteroatoms. The van der Waals surface area contributed by atoms with Crippen LogP contribution < -0.4 is 15.3 Å². The zero-order chi connectivity index (χ0) is 20.4. The molecule has 0 aliphatic carbocycles. The summed E-state index contributed by atoms with van der Waals surface area (Å²) in [6.07, 6.45) is 1.14. The minimum absolute atomic E-state index is 0.0563. The van der Waals surface area contributed by atoms with Crippen molar-refractivity contribution in [2.75, 3.05) is 13.2 Å². The predicted molar refractivity (Wildman–Crippen MR) is 113 cm³/mol. The number of carbonyl (C=O) groups is 1. The number of nitrogens with zero attached hydrogens (tertiary/aromatic N) is 3. The van der Waals surface area contributed by atoms with Crippen LogP contribution in [0.4, 0.5) is 5.69 Å². The van der Waals surface area contributed by atoms with Crippen molar-refractivity contribution in [2.45, 2.75) is 6.17 Å². The topological polar surface area (TPSA) is 89.9 Å². The maximum Gasteiger partial charge on any atom is 0.309 e. The molecule has 0 saturated heterocycles. The maximum atomic E-state index is 12.4. The van der Waals surface area contributed by atoms with Gasteiger partial charge in [-0.1, -0.05) is 53.3 Å². The number of benzene rings is 2. The normalized spacial score (nSPS) is 15.6. The van der Waals surface area contributed by atoms with Gasteiger partial charge in [0.2, 0.25) is 5.91 Å². The number of fused-ring (bicyclic) bond motifs is 1. The number of nitrogens with two attached hydrogens (primary N) is 1. The first-order valence-corrected chi connectivity index (χ1v) is 10.0. The monoisotopic (exact) mass is 428 g/mol. The average molecular weight is 429 g/mol. The van der Waals surface area contributed by atoms with Gasteiger partial charge in [-0.15, -0.1) is 0 Å². The molecule has 2 N–H and O–H groups in total. The molecule has 29 heavy (non-hydrogen) atoms. The summed E-state index contributed by atoms with van der Waals surface area (Å²) in [5.74, 6) is 0.438. The molecule has 0 saturated carbocycles. The van der Waals surface area contributed by atoms with Crippen molar-refractivity contribution in [1.82, 2.24) is 9.47 Å². The average Bonchev–Trinajstić information content (AvgIpc) is 3.12. The third-order valence-corrected chi connectivity index (χ3v) is 5.46. The van der Waals surface area contributed by atoms with Crippen molar-refractivity contribution in [3.05, 3.63) is 80.4 Å². The SMILES string of the molecule is NC(=O)CN1C(COc2ccccc2Cl)=Nc2ccccc2C1n1ccsc1=O. The van der Waals surface area contributed by atoms with Crippen LogP contribution in [0.2, 0.25) is 5.02 Å². The van der Waals surface area contributed by atoms with Crippen molar-refractivity contribution in [3.63, 3.8) is 0 Å². The zero-order valence-corrected chi connectivity index (χ0v) is 16.8. The van der Waals surface area contributed by atoms with E-state index >= 15 is 0 Å². The molecule has 1 aliphatic rings. The van der Waals surface area contributed by atoms with Crippen LogP contribution in [0.15, 0.2) is 69.9 Å². The van der Waals surface area contributed by atoms with Gasteiger partial charge >= 0.3 is 4.87 Å². The number of hydrogen-bond acceptors (Lipinski definition) is 6. The molecule has 1 amide bonds. The molecular formula is C20H17ClN4O3S. The summed E-state index contributed by atoms with van der Waals surface area (Å²) in [4.78, 5) is 30.5. The Kier molecular flexibility index (Phi) is 5.37. The maximum absolute atomic E-state index is 12.4. The summed E-state index contributed by atoms with van der Waals surface area (Å²) in [5, 5.41) is 2.18. The molecular weight excluding hydrogens is 412 g/mol. The molecule has 2 aromatic carbocycles. The summed E-state index contributed by atoms with van der Waals surface area (Å²) < 4.78 is 7.42. The number of thiazole rings is 1. The Morgan fingerprint density at radius 1 is 1.21 bits per heavy atom. The number of carbonyl (C=O) groups excluding carboxylic acids is 1. The highest BCUT2D eigenvalue weighted by atomic mass is 35.5. The number of ether oxygens (including phenoxy) is 1. The van der Waals surface area contributed by atoms with Crippen molar-refractivity contribution in [3.8, 4) is 5.75 Å². The van der Waals surface area contributed by atoms with Gasteiger partial charge in [0.25, 0.3) is 0 Å². The predicted octanol–water partition coefficient (Wildman–Crippen LogP) is 3.02. The largest absolute Gasteiger partial charge is 0.484 e. The van der Waals surface area contributed by atoms with Crippen LogP contribution in [0.1, 0.15) is 11.7 Å². The molecule has 1 unspecified atom stereocenters. The smallest absolute Gasteiger partial charge is 0.309 e. The summed E-state index contributed by atoms with van der Waals surface area (Å²) in [6.45, 7) is -0.0628. The van der Waals surface area contributed by atoms with Gasteiger partial charge in [-0.2, -0.15) is 0 Å². The van der Waals surface area contributed by atoms with Crippen LogP contribution in [0, 0.1) is 0 Å². The number of amides is 1. The van der Waals surface area contributed by atoms with Gasteiger partial charge < -0.3 is 15.4 Å². The Hall–Kier alpha value is -3.10. The van der Waals surface area contributed by atoms with Crippen LogP contribution in [0.5, 0.6) is 5.75 Å². The van der Waals surface area contributed by atoms with Crippen LogP contribution in [-0.4, -0.2) is 34.4 Å². The molecule has 1 aromatic heterocycles. The molecule has 1 atom stereocenters. The highest BCUT2D eigenvalue weighted by Crippen LogP contribution is 2.35. The summed E-state index contributed by atoms with van der Waals surface area (Å²) in [5.41, 5.74) is 7.01. The van der Waals surface area contributed by atoms with Gasteiger partial charge in [0, 0.05) is 17.1 Å². The molecule has 2 heterocycles. The third-order valence-electron chi connectivity index (χ3n) is 4.48. The first-order valence-electron chi connectivity index (χ1n) is 8.79. The van der Waals surface area contributed by atoms with Gasteiger partial charge in [0.15, 0.2) is 0 Å². The van der Waals surface area contributed by atoms with Crippen LogP contribution >= 0.6 is 22.9 Å². The fourth-order valence-corrected chi connectivity index (χ4v) is 4.02. The number of aromatic nitrogens is 1. The highest BCUT2D eigenvalue weighted by molar-refractivity contribution is 7.07. The molecule has 0 spiro atoms. The molecule has 0 fully saturated rings. The highest BCUT2D eigenvalue weighted by Gasteiger charge is 2.33. The van der Waals surface area contributed by atoms with Crippen LogP contribution in [-0.2, 0) is 4.79 Å². The quantitative estimate of drug-likeness (QED) is 0.653. The third kappa shape index (κ3) is 3.90. The zero-order valence-electron chi connectivity index (χ0n) is 15.2. The fourth-order valence-electron chi connectivity index (χ4n) is 3.24. The molecule has 0 bridgehead atoms. The van der Waals surface area contributed by atoms with Crippen LogP contribution in [0.3, 0.4) is 0 Å². The Morgan fingerprint density at radius 2 is 1.97 bits per heavy atom. The van der Waals surface area contributed by atoms with Gasteiger partial charge in [-0.25, -0.2) is 4.99 Å². The Morgan fingerprint density at radius 3 is 2.69 bits per heavy atom. The van der Waals surface area contributed by atoms with Gasteiger partial charge in [0.05, 0.1) is 10.7 Å². The Bertz CT molecular complexity index is 1140. The molecule has 7 nitrogen and oxygen atoms in total. The van der Waals surface area contributed by atoms with E-state index in [2.05, 4.69) is 4.99 Å². The lowest BCUT2D eigenvalue weighted by molar-refractivity contribution is -0.118. The van der Waals surface area contributed by atoms with E-state index in [1.54, 1.807) is 33.2 Å².